The molecule has 1 amide bonds. The lowest BCUT2D eigenvalue weighted by Crippen LogP contribution is -2.46. The zero-order valence-electron chi connectivity index (χ0n) is 17.7. The van der Waals surface area contributed by atoms with Gasteiger partial charge in [0.1, 0.15) is 17.5 Å². The summed E-state index contributed by atoms with van der Waals surface area (Å²) in [6.07, 6.45) is -0.234. The highest BCUT2D eigenvalue weighted by molar-refractivity contribution is 5.94. The van der Waals surface area contributed by atoms with E-state index in [9.17, 15) is 9.90 Å². The fourth-order valence-corrected chi connectivity index (χ4v) is 4.20. The molecule has 4 atom stereocenters. The van der Waals surface area contributed by atoms with Gasteiger partial charge in [-0.25, -0.2) is 15.3 Å². The van der Waals surface area contributed by atoms with Gasteiger partial charge < -0.3 is 14.5 Å². The summed E-state index contributed by atoms with van der Waals surface area (Å²) in [5.74, 6) is 0.498. The zero-order valence-corrected chi connectivity index (χ0v) is 17.7. The summed E-state index contributed by atoms with van der Waals surface area (Å²) in [5.41, 5.74) is 3.66. The Morgan fingerprint density at radius 2 is 2.07 bits per heavy atom. The SMILES string of the molecule is Cc1cc(C(C(=O)N2C[C@H](O)C[C@H]2C2=NC(C)(c3ccccc3)ON2)C(C)C)on1. The number of carbonyl (C=O) groups excluding carboxylic acids is 1. The fraction of sp³-hybridized carbons (Fsp3) is 0.500. The van der Waals surface area contributed by atoms with Crippen molar-refractivity contribution in [3.8, 4) is 0 Å². The van der Waals surface area contributed by atoms with Crippen LogP contribution in [0.25, 0.3) is 0 Å². The highest BCUT2D eigenvalue weighted by Crippen LogP contribution is 2.34. The van der Waals surface area contributed by atoms with Crippen molar-refractivity contribution in [2.45, 2.75) is 57.9 Å². The van der Waals surface area contributed by atoms with Crippen molar-refractivity contribution in [1.82, 2.24) is 15.5 Å². The topological polar surface area (TPSA) is 100 Å². The largest absolute Gasteiger partial charge is 0.391 e. The number of hydrogen-bond donors (Lipinski definition) is 2. The average Bonchev–Trinajstić information content (AvgIpc) is 3.41. The number of β-amino-alcohol motifs (C(OH)–C–C–N with tert-alkyl or cyclic N) is 1. The molecule has 1 aromatic heterocycles. The van der Waals surface area contributed by atoms with Crippen LogP contribution in [0.15, 0.2) is 45.9 Å². The van der Waals surface area contributed by atoms with Gasteiger partial charge in [0.2, 0.25) is 11.6 Å². The van der Waals surface area contributed by atoms with Crippen LogP contribution < -0.4 is 5.48 Å². The molecule has 1 aromatic carbocycles. The van der Waals surface area contributed by atoms with E-state index in [4.69, 9.17) is 14.4 Å². The van der Waals surface area contributed by atoms with E-state index in [0.717, 1.165) is 11.3 Å². The molecule has 0 bridgehead atoms. The molecule has 2 aliphatic rings. The van der Waals surface area contributed by atoms with E-state index in [1.54, 1.807) is 11.0 Å². The minimum absolute atomic E-state index is 0.00699. The second kappa shape index (κ2) is 7.85. The summed E-state index contributed by atoms with van der Waals surface area (Å²) >= 11 is 0. The Morgan fingerprint density at radius 3 is 2.70 bits per heavy atom. The lowest BCUT2D eigenvalue weighted by molar-refractivity contribution is -0.134. The van der Waals surface area contributed by atoms with Crippen LogP contribution in [0.3, 0.4) is 0 Å². The van der Waals surface area contributed by atoms with Crippen molar-refractivity contribution in [3.63, 3.8) is 0 Å². The van der Waals surface area contributed by atoms with E-state index < -0.39 is 23.8 Å². The third-order valence-corrected chi connectivity index (χ3v) is 5.76. The van der Waals surface area contributed by atoms with Crippen molar-refractivity contribution in [3.05, 3.63) is 53.4 Å². The van der Waals surface area contributed by atoms with Crippen LogP contribution in [-0.4, -0.2) is 45.6 Å². The number of hydrogen-bond acceptors (Lipinski definition) is 7. The molecule has 2 unspecified atom stereocenters. The number of aliphatic hydroxyl groups excluding tert-OH is 1. The molecule has 30 heavy (non-hydrogen) atoms. The van der Waals surface area contributed by atoms with Crippen LogP contribution in [-0.2, 0) is 15.4 Å². The number of aryl methyl sites for hydroxylation is 1. The summed E-state index contributed by atoms with van der Waals surface area (Å²) in [6.45, 7) is 7.89. The number of nitrogens with one attached hydrogen (secondary N) is 1. The van der Waals surface area contributed by atoms with Gasteiger partial charge in [-0.05, 0) is 19.8 Å². The maximum Gasteiger partial charge on any atom is 0.234 e. The maximum absolute atomic E-state index is 13.5. The van der Waals surface area contributed by atoms with E-state index in [2.05, 4.69) is 10.6 Å². The molecular weight excluding hydrogens is 384 g/mol. The van der Waals surface area contributed by atoms with Crippen LogP contribution in [0.1, 0.15) is 50.1 Å². The molecule has 0 spiro atoms. The summed E-state index contributed by atoms with van der Waals surface area (Å²) in [7, 11) is 0. The molecule has 1 saturated heterocycles. The normalized spacial score (nSPS) is 27.3. The average molecular weight is 412 g/mol. The first-order valence-electron chi connectivity index (χ1n) is 10.3. The van der Waals surface area contributed by atoms with Crippen molar-refractivity contribution in [2.24, 2.45) is 10.9 Å². The number of rotatable bonds is 5. The zero-order chi connectivity index (χ0) is 21.5. The molecule has 0 saturated carbocycles. The fourth-order valence-electron chi connectivity index (χ4n) is 4.20. The minimum Gasteiger partial charge on any atom is -0.391 e. The highest BCUT2D eigenvalue weighted by atomic mass is 16.7. The monoisotopic (exact) mass is 412 g/mol. The Kier molecular flexibility index (Phi) is 5.38. The number of hydroxylamine groups is 1. The Labute approximate surface area is 175 Å². The molecule has 2 N–H and O–H groups in total. The van der Waals surface area contributed by atoms with Gasteiger partial charge in [-0.1, -0.05) is 49.3 Å². The molecule has 3 heterocycles. The summed E-state index contributed by atoms with van der Waals surface area (Å²) in [6, 6.07) is 11.1. The molecule has 0 radical (unpaired) electrons. The Hall–Kier alpha value is -2.71. The van der Waals surface area contributed by atoms with Crippen LogP contribution in [0.2, 0.25) is 0 Å². The van der Waals surface area contributed by atoms with E-state index in [-0.39, 0.29) is 18.4 Å². The van der Waals surface area contributed by atoms with Crippen LogP contribution in [0.5, 0.6) is 0 Å². The molecular formula is C22H28N4O4. The number of aliphatic imine (C=N–C) groups is 1. The Bertz CT molecular complexity index is 942. The highest BCUT2D eigenvalue weighted by Gasteiger charge is 2.45. The summed E-state index contributed by atoms with van der Waals surface area (Å²) in [4.78, 5) is 25.8. The quantitative estimate of drug-likeness (QED) is 0.783. The van der Waals surface area contributed by atoms with Gasteiger partial charge in [0, 0.05) is 24.6 Å². The van der Waals surface area contributed by atoms with Gasteiger partial charge in [0.25, 0.3) is 0 Å². The van der Waals surface area contributed by atoms with Gasteiger partial charge in [-0.2, -0.15) is 0 Å². The van der Waals surface area contributed by atoms with Gasteiger partial charge >= 0.3 is 0 Å². The third kappa shape index (κ3) is 3.73. The number of aliphatic hydroxyl groups is 1. The Balaban J connectivity index is 1.62. The van der Waals surface area contributed by atoms with Gasteiger partial charge in [-0.3, -0.25) is 4.79 Å². The standard InChI is InChI=1S/C22H28N4O4/c1-13(2)19(18-10-14(3)24-29-18)21(28)26-12-16(27)11-17(26)20-23-22(4,30-25-20)15-8-6-5-7-9-15/h5-10,13,16-17,19,27H,11-12H2,1-4H3,(H,23,25)/t16-,17+,19?,22?/m1/s1. The first kappa shape index (κ1) is 20.6. The molecule has 2 aromatic rings. The Morgan fingerprint density at radius 1 is 1.33 bits per heavy atom. The van der Waals surface area contributed by atoms with Gasteiger partial charge in [0.15, 0.2) is 0 Å². The van der Waals surface area contributed by atoms with Crippen LogP contribution >= 0.6 is 0 Å². The molecule has 2 aliphatic heterocycles. The summed E-state index contributed by atoms with van der Waals surface area (Å²) in [5, 5.41) is 14.3. The van der Waals surface area contributed by atoms with Crippen LogP contribution in [0.4, 0.5) is 0 Å². The number of amides is 1. The lowest BCUT2D eigenvalue weighted by atomic mass is 9.91. The maximum atomic E-state index is 13.5. The third-order valence-electron chi connectivity index (χ3n) is 5.76. The molecule has 0 aliphatic carbocycles. The van der Waals surface area contributed by atoms with E-state index >= 15 is 0 Å². The van der Waals surface area contributed by atoms with E-state index in [0.29, 0.717) is 18.0 Å². The van der Waals surface area contributed by atoms with Gasteiger partial charge in [-0.15, -0.1) is 0 Å². The van der Waals surface area contributed by atoms with E-state index in [1.165, 1.54) is 0 Å². The minimum atomic E-state index is -0.891. The number of nitrogens with zero attached hydrogens (tertiary/aromatic N) is 3. The molecule has 1 fully saturated rings. The van der Waals surface area contributed by atoms with Crippen molar-refractivity contribution in [1.29, 1.82) is 0 Å². The first-order chi connectivity index (χ1) is 14.3. The first-order valence-corrected chi connectivity index (χ1v) is 10.3. The lowest BCUT2D eigenvalue weighted by Gasteiger charge is -2.29. The number of likely N-dealkylation sites (tertiary alicyclic amines) is 1. The number of amidine groups is 1. The molecule has 8 heteroatoms. The number of carbonyl (C=O) groups is 1. The molecule has 8 nitrogen and oxygen atoms in total. The second-order valence-corrected chi connectivity index (χ2v) is 8.54. The van der Waals surface area contributed by atoms with Crippen molar-refractivity contribution >= 4 is 11.7 Å². The molecule has 4 rings (SSSR count). The van der Waals surface area contributed by atoms with E-state index in [1.807, 2.05) is 58.0 Å². The predicted molar refractivity (Wildman–Crippen MR) is 110 cm³/mol. The predicted octanol–water partition coefficient (Wildman–Crippen LogP) is 2.49. The smallest absolute Gasteiger partial charge is 0.234 e. The number of benzene rings is 1. The van der Waals surface area contributed by atoms with Crippen molar-refractivity contribution in [2.75, 3.05) is 6.54 Å². The second-order valence-electron chi connectivity index (χ2n) is 8.54. The van der Waals surface area contributed by atoms with Crippen LogP contribution in [0, 0.1) is 12.8 Å². The summed E-state index contributed by atoms with van der Waals surface area (Å²) < 4.78 is 5.42. The van der Waals surface area contributed by atoms with Gasteiger partial charge in [0.05, 0.1) is 17.8 Å². The van der Waals surface area contributed by atoms with Crippen molar-refractivity contribution < 1.29 is 19.3 Å². The molecule has 160 valence electrons. The number of aromatic nitrogens is 1.